The van der Waals surface area contributed by atoms with E-state index in [-0.39, 0.29) is 6.61 Å². The van der Waals surface area contributed by atoms with E-state index in [9.17, 15) is 0 Å². The molecule has 0 bridgehead atoms. The summed E-state index contributed by atoms with van der Waals surface area (Å²) in [6.45, 7) is 7.42. The first-order chi connectivity index (χ1) is 11.3. The second-order valence-electron chi connectivity index (χ2n) is 6.28. The van der Waals surface area contributed by atoms with Gasteiger partial charge in [-0.2, -0.15) is 0 Å². The summed E-state index contributed by atoms with van der Waals surface area (Å²) in [6.07, 6.45) is 3.68. The van der Waals surface area contributed by atoms with Gasteiger partial charge in [-0.05, 0) is 41.8 Å². The molecular formula is C19H25N3O. The number of rotatable bonds is 5. The number of hydrogen-bond donors (Lipinski definition) is 1. The molecule has 1 aromatic heterocycles. The second-order valence-corrected chi connectivity index (χ2v) is 6.28. The lowest BCUT2D eigenvalue weighted by molar-refractivity contribution is 0.0664. The van der Waals surface area contributed by atoms with Crippen LogP contribution in [0.15, 0.2) is 48.8 Å². The minimum Gasteiger partial charge on any atom is -0.395 e. The van der Waals surface area contributed by atoms with Crippen LogP contribution >= 0.6 is 0 Å². The zero-order valence-corrected chi connectivity index (χ0v) is 13.7. The molecule has 23 heavy (non-hydrogen) atoms. The third kappa shape index (κ3) is 4.16. The maximum atomic E-state index is 9.08. The molecule has 4 nitrogen and oxygen atoms in total. The van der Waals surface area contributed by atoms with Gasteiger partial charge >= 0.3 is 0 Å². The Hall–Kier alpha value is -1.75. The second kappa shape index (κ2) is 7.68. The SMILES string of the molecule is CC1CN(CCO)CCN1Cc1cccc(-c2ccncc2)c1. The van der Waals surface area contributed by atoms with E-state index in [1.165, 1.54) is 16.7 Å². The number of pyridine rings is 1. The molecule has 4 heteroatoms. The molecule has 1 aliphatic heterocycles. The summed E-state index contributed by atoms with van der Waals surface area (Å²) in [5, 5.41) is 9.08. The maximum Gasteiger partial charge on any atom is 0.0558 e. The molecule has 2 aromatic rings. The summed E-state index contributed by atoms with van der Waals surface area (Å²) in [4.78, 5) is 8.96. The van der Waals surface area contributed by atoms with Crippen molar-refractivity contribution in [1.29, 1.82) is 0 Å². The van der Waals surface area contributed by atoms with Gasteiger partial charge in [-0.1, -0.05) is 18.2 Å². The standard InChI is InChI=1S/C19H25N3O/c1-16-14-21(11-12-23)9-10-22(16)15-17-3-2-4-19(13-17)18-5-7-20-8-6-18/h2-8,13,16,23H,9-12,14-15H2,1H3. The Morgan fingerprint density at radius 3 is 2.70 bits per heavy atom. The number of piperazine rings is 1. The highest BCUT2D eigenvalue weighted by atomic mass is 16.3. The lowest BCUT2D eigenvalue weighted by Gasteiger charge is -2.39. The summed E-state index contributed by atoms with van der Waals surface area (Å²) in [6, 6.07) is 13.4. The minimum absolute atomic E-state index is 0.251. The lowest BCUT2D eigenvalue weighted by atomic mass is 10.0. The van der Waals surface area contributed by atoms with Crippen molar-refractivity contribution in [1.82, 2.24) is 14.8 Å². The van der Waals surface area contributed by atoms with E-state index in [0.29, 0.717) is 6.04 Å². The number of aliphatic hydroxyl groups excluding tert-OH is 1. The van der Waals surface area contributed by atoms with Crippen LogP contribution in [0.3, 0.4) is 0 Å². The Labute approximate surface area is 138 Å². The molecule has 1 aliphatic rings. The molecule has 0 saturated carbocycles. The van der Waals surface area contributed by atoms with Crippen LogP contribution in [-0.2, 0) is 6.54 Å². The highest BCUT2D eigenvalue weighted by Crippen LogP contribution is 2.21. The van der Waals surface area contributed by atoms with Gasteiger partial charge in [-0.3, -0.25) is 14.8 Å². The number of benzene rings is 1. The topological polar surface area (TPSA) is 39.6 Å². The highest BCUT2D eigenvalue weighted by molar-refractivity contribution is 5.63. The first-order valence-electron chi connectivity index (χ1n) is 8.33. The van der Waals surface area contributed by atoms with Crippen molar-refractivity contribution >= 4 is 0 Å². The molecule has 1 saturated heterocycles. The van der Waals surface area contributed by atoms with Crippen LogP contribution in [-0.4, -0.2) is 58.7 Å². The Morgan fingerprint density at radius 2 is 1.96 bits per heavy atom. The van der Waals surface area contributed by atoms with Gasteiger partial charge in [0.05, 0.1) is 6.61 Å². The zero-order valence-electron chi connectivity index (χ0n) is 13.7. The Morgan fingerprint density at radius 1 is 1.13 bits per heavy atom. The molecule has 2 heterocycles. The minimum atomic E-state index is 0.251. The van der Waals surface area contributed by atoms with Crippen molar-refractivity contribution in [3.8, 4) is 11.1 Å². The van der Waals surface area contributed by atoms with E-state index in [1.807, 2.05) is 12.4 Å². The van der Waals surface area contributed by atoms with E-state index in [0.717, 1.165) is 32.7 Å². The molecular weight excluding hydrogens is 286 g/mol. The van der Waals surface area contributed by atoms with Crippen LogP contribution < -0.4 is 0 Å². The van der Waals surface area contributed by atoms with Crippen molar-refractivity contribution in [2.45, 2.75) is 19.5 Å². The van der Waals surface area contributed by atoms with Gasteiger partial charge in [0.15, 0.2) is 0 Å². The lowest BCUT2D eigenvalue weighted by Crippen LogP contribution is -2.51. The number of aromatic nitrogens is 1. The molecule has 122 valence electrons. The predicted octanol–water partition coefficient (Wildman–Crippen LogP) is 2.25. The van der Waals surface area contributed by atoms with Crippen LogP contribution in [0.2, 0.25) is 0 Å². The average Bonchev–Trinajstić information content (AvgIpc) is 2.59. The van der Waals surface area contributed by atoms with E-state index in [1.54, 1.807) is 0 Å². The Kier molecular flexibility index (Phi) is 5.39. The van der Waals surface area contributed by atoms with Crippen LogP contribution in [0.4, 0.5) is 0 Å². The number of aliphatic hydroxyl groups is 1. The van der Waals surface area contributed by atoms with Gasteiger partial charge in [0.1, 0.15) is 0 Å². The highest BCUT2D eigenvalue weighted by Gasteiger charge is 2.23. The third-order valence-corrected chi connectivity index (χ3v) is 4.59. The summed E-state index contributed by atoms with van der Waals surface area (Å²) in [7, 11) is 0. The molecule has 1 aromatic carbocycles. The molecule has 1 atom stereocenters. The van der Waals surface area contributed by atoms with E-state index >= 15 is 0 Å². The van der Waals surface area contributed by atoms with Gasteiger partial charge in [-0.15, -0.1) is 0 Å². The smallest absolute Gasteiger partial charge is 0.0558 e. The van der Waals surface area contributed by atoms with Crippen molar-refractivity contribution in [3.05, 3.63) is 54.4 Å². The summed E-state index contributed by atoms with van der Waals surface area (Å²) in [5.74, 6) is 0. The van der Waals surface area contributed by atoms with Crippen LogP contribution in [0.25, 0.3) is 11.1 Å². The van der Waals surface area contributed by atoms with Gasteiger partial charge in [0, 0.05) is 51.2 Å². The summed E-state index contributed by atoms with van der Waals surface area (Å²) >= 11 is 0. The van der Waals surface area contributed by atoms with Gasteiger partial charge < -0.3 is 5.11 Å². The van der Waals surface area contributed by atoms with Gasteiger partial charge in [0.25, 0.3) is 0 Å². The number of β-amino-alcohol motifs (C(OH)–C–C–N with tert-alkyl or cyclic N) is 1. The van der Waals surface area contributed by atoms with Crippen molar-refractivity contribution in [2.75, 3.05) is 32.8 Å². The first kappa shape index (κ1) is 16.1. The Balaban J connectivity index is 1.67. The van der Waals surface area contributed by atoms with Crippen LogP contribution in [0.5, 0.6) is 0 Å². The first-order valence-corrected chi connectivity index (χ1v) is 8.33. The fraction of sp³-hybridized carbons (Fsp3) is 0.421. The average molecular weight is 311 g/mol. The van der Waals surface area contributed by atoms with E-state index < -0.39 is 0 Å². The van der Waals surface area contributed by atoms with Crippen molar-refractivity contribution in [3.63, 3.8) is 0 Å². The molecule has 0 spiro atoms. The zero-order chi connectivity index (χ0) is 16.1. The molecule has 1 N–H and O–H groups in total. The van der Waals surface area contributed by atoms with Crippen molar-refractivity contribution in [2.24, 2.45) is 0 Å². The number of hydrogen-bond acceptors (Lipinski definition) is 4. The molecule has 0 amide bonds. The molecule has 0 radical (unpaired) electrons. The maximum absolute atomic E-state index is 9.08. The fourth-order valence-corrected chi connectivity index (χ4v) is 3.28. The molecule has 1 fully saturated rings. The molecule has 3 rings (SSSR count). The quantitative estimate of drug-likeness (QED) is 0.919. The Bertz CT molecular complexity index is 617. The summed E-state index contributed by atoms with van der Waals surface area (Å²) < 4.78 is 0. The molecule has 1 unspecified atom stereocenters. The molecule has 0 aliphatic carbocycles. The number of nitrogens with zero attached hydrogens (tertiary/aromatic N) is 3. The third-order valence-electron chi connectivity index (χ3n) is 4.59. The summed E-state index contributed by atoms with van der Waals surface area (Å²) in [5.41, 5.74) is 3.81. The largest absolute Gasteiger partial charge is 0.395 e. The van der Waals surface area contributed by atoms with E-state index in [4.69, 9.17) is 5.11 Å². The van der Waals surface area contributed by atoms with Gasteiger partial charge in [-0.25, -0.2) is 0 Å². The van der Waals surface area contributed by atoms with Crippen molar-refractivity contribution < 1.29 is 5.11 Å². The van der Waals surface area contributed by atoms with E-state index in [2.05, 4.69) is 58.1 Å². The van der Waals surface area contributed by atoms with Crippen LogP contribution in [0, 0.1) is 0 Å². The normalized spacial score (nSPS) is 19.8. The van der Waals surface area contributed by atoms with Crippen LogP contribution in [0.1, 0.15) is 12.5 Å². The monoisotopic (exact) mass is 311 g/mol. The fourth-order valence-electron chi connectivity index (χ4n) is 3.28. The predicted molar refractivity (Wildman–Crippen MR) is 93.1 cm³/mol. The van der Waals surface area contributed by atoms with Gasteiger partial charge in [0.2, 0.25) is 0 Å².